The zero-order chi connectivity index (χ0) is 48.3. The quantitative estimate of drug-likeness (QED) is 0.128. The summed E-state index contributed by atoms with van der Waals surface area (Å²) >= 11 is 0. The first-order chi connectivity index (χ1) is 32.9. The summed E-state index contributed by atoms with van der Waals surface area (Å²) in [6.45, 7) is 25.2. The van der Waals surface area contributed by atoms with E-state index in [0.29, 0.717) is 11.5 Å². The first kappa shape index (κ1) is 48.3. The molecule has 3 heterocycles. The second-order valence-electron chi connectivity index (χ2n) is 21.6. The van der Waals surface area contributed by atoms with Gasteiger partial charge in [-0.2, -0.15) is 6.07 Å². The van der Waals surface area contributed by atoms with Gasteiger partial charge in [0.15, 0.2) is 0 Å². The molecule has 0 amide bonds. The van der Waals surface area contributed by atoms with Crippen molar-refractivity contribution >= 4 is 33.2 Å². The number of pyridine rings is 1. The third kappa shape index (κ3) is 9.25. The Labute approximate surface area is 429 Å². The fraction of sp³-hybridized carbons (Fsp3) is 0.219. The smallest absolute Gasteiger partial charge is 0.135 e. The predicted octanol–water partition coefficient (Wildman–Crippen LogP) is 16.4. The first-order valence-electron chi connectivity index (χ1n) is 24.1. The number of para-hydroxylation sites is 1. The van der Waals surface area contributed by atoms with Gasteiger partial charge in [0.1, 0.15) is 5.82 Å². The van der Waals surface area contributed by atoms with E-state index in [1.165, 1.54) is 27.8 Å². The Balaban J connectivity index is 0.00000608. The number of ether oxygens (including phenoxy) is 1. The topological polar surface area (TPSA) is 33.5 Å². The zero-order valence-corrected chi connectivity index (χ0v) is 44.2. The Morgan fingerprint density at radius 2 is 1.10 bits per heavy atom. The molecule has 0 radical (unpaired) electrons. The number of nitrogens with zero attached hydrogens (tertiary/aromatic N) is 4. The SMILES string of the molecule is CC(C)(C)c1cc(N2[CH-]N(c3[c-]c(Oc4[c-]c5c(cc4)c4ccccc4n5-c4cc(C(C)(C)c5ccccc5)ccn4)cc(-c4ccccc4)c3)C=C2C(C)(C)c2ccccc2)cc(C(C)(C)C)c1.[Pt]. The van der Waals surface area contributed by atoms with Crippen LogP contribution >= 0.6 is 0 Å². The van der Waals surface area contributed by atoms with Crippen molar-refractivity contribution in [3.8, 4) is 28.4 Å². The Morgan fingerprint density at radius 3 is 1.74 bits per heavy atom. The minimum atomic E-state index is -0.364. The minimum Gasteiger partial charge on any atom is -0.509 e. The molecule has 9 aromatic rings. The molecule has 1 aliphatic rings. The van der Waals surface area contributed by atoms with Crippen molar-refractivity contribution in [3.05, 3.63) is 235 Å². The van der Waals surface area contributed by atoms with E-state index in [4.69, 9.17) is 9.72 Å². The summed E-state index contributed by atoms with van der Waals surface area (Å²) < 4.78 is 9.15. The van der Waals surface area contributed by atoms with Crippen molar-refractivity contribution in [1.29, 1.82) is 0 Å². The molecular formula is C64H61N4OPt-3. The molecule has 0 saturated carbocycles. The Hall–Kier alpha value is -6.68. The normalized spacial score (nSPS) is 13.4. The van der Waals surface area contributed by atoms with Gasteiger partial charge in [0.05, 0.1) is 0 Å². The molecule has 5 nitrogen and oxygen atoms in total. The fourth-order valence-electron chi connectivity index (χ4n) is 9.59. The third-order valence-electron chi connectivity index (χ3n) is 14.0. The maximum Gasteiger partial charge on any atom is 0.135 e. The van der Waals surface area contributed by atoms with Crippen LogP contribution in [0, 0.1) is 18.8 Å². The molecule has 10 rings (SSSR count). The molecule has 0 unspecified atom stereocenters. The predicted molar refractivity (Wildman–Crippen MR) is 287 cm³/mol. The molecule has 2 aromatic heterocycles. The first-order valence-corrected chi connectivity index (χ1v) is 24.1. The van der Waals surface area contributed by atoms with E-state index >= 15 is 0 Å². The number of benzene rings is 7. The summed E-state index contributed by atoms with van der Waals surface area (Å²) in [5.74, 6) is 2.00. The van der Waals surface area contributed by atoms with E-state index in [2.05, 4.69) is 272 Å². The van der Waals surface area contributed by atoms with Crippen LogP contribution in [0.1, 0.15) is 97.1 Å². The van der Waals surface area contributed by atoms with Gasteiger partial charge in [-0.05, 0) is 86.1 Å². The third-order valence-corrected chi connectivity index (χ3v) is 14.0. The van der Waals surface area contributed by atoms with Gasteiger partial charge in [0, 0.05) is 66.5 Å². The Morgan fingerprint density at radius 1 is 0.500 bits per heavy atom. The van der Waals surface area contributed by atoms with Gasteiger partial charge in [-0.25, -0.2) is 4.98 Å². The molecule has 7 aromatic carbocycles. The van der Waals surface area contributed by atoms with Crippen molar-refractivity contribution in [2.45, 2.75) is 90.9 Å². The number of aromatic nitrogens is 2. The molecule has 6 heteroatoms. The number of hydrogen-bond acceptors (Lipinski definition) is 4. The molecule has 356 valence electrons. The van der Waals surface area contributed by atoms with Gasteiger partial charge < -0.3 is 19.1 Å². The minimum absolute atomic E-state index is 0. The fourth-order valence-corrected chi connectivity index (χ4v) is 9.59. The number of hydrogen-bond donors (Lipinski definition) is 0. The molecule has 0 bridgehead atoms. The van der Waals surface area contributed by atoms with Gasteiger partial charge in [0.25, 0.3) is 0 Å². The second-order valence-corrected chi connectivity index (χ2v) is 21.6. The van der Waals surface area contributed by atoms with Crippen LogP contribution in [-0.2, 0) is 42.7 Å². The summed E-state index contributed by atoms with van der Waals surface area (Å²) in [5, 5.41) is 2.20. The van der Waals surface area contributed by atoms with Gasteiger partial charge in [-0.3, -0.25) is 0 Å². The molecular weight excluding hydrogens is 1040 g/mol. The van der Waals surface area contributed by atoms with Crippen LogP contribution in [0.3, 0.4) is 0 Å². The Bertz CT molecular complexity index is 3320. The van der Waals surface area contributed by atoms with Crippen LogP contribution in [0.4, 0.5) is 11.4 Å². The Kier molecular flexibility index (Phi) is 12.8. The van der Waals surface area contributed by atoms with Crippen LogP contribution in [0.15, 0.2) is 188 Å². The monoisotopic (exact) mass is 1100 g/mol. The van der Waals surface area contributed by atoms with Crippen LogP contribution in [0.25, 0.3) is 38.8 Å². The number of rotatable bonds is 10. The maximum absolute atomic E-state index is 6.93. The van der Waals surface area contributed by atoms with Gasteiger partial charge in [-0.15, -0.1) is 53.6 Å². The van der Waals surface area contributed by atoms with Gasteiger partial charge in [-0.1, -0.05) is 190 Å². The van der Waals surface area contributed by atoms with Crippen LogP contribution in [0.2, 0.25) is 0 Å². The summed E-state index contributed by atoms with van der Waals surface area (Å²) in [5.41, 5.74) is 12.7. The van der Waals surface area contributed by atoms with E-state index in [1.807, 2.05) is 12.3 Å². The van der Waals surface area contributed by atoms with Crippen molar-refractivity contribution in [1.82, 2.24) is 9.55 Å². The molecule has 1 aliphatic heterocycles. The molecule has 70 heavy (non-hydrogen) atoms. The van der Waals surface area contributed by atoms with Gasteiger partial charge >= 0.3 is 0 Å². The van der Waals surface area contributed by atoms with Crippen molar-refractivity contribution in [3.63, 3.8) is 0 Å². The van der Waals surface area contributed by atoms with E-state index in [-0.39, 0.29) is 42.7 Å². The van der Waals surface area contributed by atoms with Crippen LogP contribution < -0.4 is 14.5 Å². The van der Waals surface area contributed by atoms with Crippen LogP contribution in [-0.4, -0.2) is 9.55 Å². The van der Waals surface area contributed by atoms with E-state index in [9.17, 15) is 0 Å². The second kappa shape index (κ2) is 18.6. The number of fused-ring (bicyclic) bond motifs is 3. The molecule has 0 spiro atoms. The molecule has 0 fully saturated rings. The number of allylic oxidation sites excluding steroid dienone is 1. The maximum atomic E-state index is 6.93. The van der Waals surface area contributed by atoms with E-state index in [0.717, 1.165) is 55.8 Å². The molecule has 0 saturated heterocycles. The van der Waals surface area contributed by atoms with E-state index < -0.39 is 0 Å². The largest absolute Gasteiger partial charge is 0.509 e. The summed E-state index contributed by atoms with van der Waals surface area (Å²) in [7, 11) is 0. The van der Waals surface area contributed by atoms with Crippen LogP contribution in [0.5, 0.6) is 11.5 Å². The molecule has 0 atom stereocenters. The zero-order valence-electron chi connectivity index (χ0n) is 41.9. The average molecular weight is 1100 g/mol. The summed E-state index contributed by atoms with van der Waals surface area (Å²) in [6, 6.07) is 67.8. The molecule has 0 N–H and O–H groups in total. The summed E-state index contributed by atoms with van der Waals surface area (Å²) in [6.07, 6.45) is 4.19. The molecule has 0 aliphatic carbocycles. The van der Waals surface area contributed by atoms with Crippen molar-refractivity contribution < 1.29 is 25.8 Å². The average Bonchev–Trinajstić information content (AvgIpc) is 3.95. The number of anilines is 2. The van der Waals surface area contributed by atoms with Gasteiger partial charge in [0.2, 0.25) is 0 Å². The standard InChI is InChI=1S/C64H61N4O.Pt/c1-61(2,3)49-36-50(62(4,5)6)38-52(37-49)67-43-66(42-59(67)64(9,10)47-26-18-13-19-27-47)51-34-45(44-22-14-11-15-23-44)35-54(40-51)69-53-30-31-56-55-28-20-21-29-57(55)68(58(56)41-53)60-39-48(32-33-65-60)63(7,8)46-24-16-12-17-25-46;/h11-39,42-43H,1-10H3;/q-3;. The van der Waals surface area contributed by atoms with Crippen molar-refractivity contribution in [2.24, 2.45) is 0 Å². The summed E-state index contributed by atoms with van der Waals surface area (Å²) in [4.78, 5) is 9.57. The van der Waals surface area contributed by atoms with Crippen molar-refractivity contribution in [2.75, 3.05) is 9.80 Å². The van der Waals surface area contributed by atoms with E-state index in [1.54, 1.807) is 0 Å².